The molecular weight excluding hydrogens is 373 g/mol. The van der Waals surface area contributed by atoms with E-state index in [1.807, 2.05) is 0 Å². The lowest BCUT2D eigenvalue weighted by molar-refractivity contribution is -0.274. The zero-order chi connectivity index (χ0) is 19.5. The number of hydrogen-bond acceptors (Lipinski definition) is 4. The summed E-state index contributed by atoms with van der Waals surface area (Å²) < 4.78 is 46.3. The summed E-state index contributed by atoms with van der Waals surface area (Å²) in [7, 11) is 0. The highest BCUT2D eigenvalue weighted by atomic mass is 35.5. The molecule has 0 spiro atoms. The van der Waals surface area contributed by atoms with Gasteiger partial charge in [-0.25, -0.2) is 4.79 Å². The van der Waals surface area contributed by atoms with E-state index in [0.717, 1.165) is 25.6 Å². The number of amides is 1. The van der Waals surface area contributed by atoms with E-state index in [1.54, 1.807) is 20.8 Å². The Bertz CT molecular complexity index is 643. The SMILES string of the molecule is CC(C)(C)OC(=O)N[C@H](CN1CCC1)c1ccc(OC(F)(F)F)c(Cl)c1. The lowest BCUT2D eigenvalue weighted by atomic mass is 10.0. The normalized spacial score (nSPS) is 16.6. The Hall–Kier alpha value is -1.67. The second-order valence-electron chi connectivity index (χ2n) is 7.09. The molecule has 9 heteroatoms. The summed E-state index contributed by atoms with van der Waals surface area (Å²) >= 11 is 5.92. The Morgan fingerprint density at radius 2 is 1.96 bits per heavy atom. The Balaban J connectivity index is 2.16. The van der Waals surface area contributed by atoms with Crippen molar-refractivity contribution in [1.82, 2.24) is 10.2 Å². The maximum Gasteiger partial charge on any atom is 0.573 e. The molecule has 1 N–H and O–H groups in total. The molecule has 26 heavy (non-hydrogen) atoms. The maximum atomic E-state index is 12.4. The van der Waals surface area contributed by atoms with Gasteiger partial charge < -0.3 is 19.7 Å². The van der Waals surface area contributed by atoms with Gasteiger partial charge in [-0.1, -0.05) is 17.7 Å². The van der Waals surface area contributed by atoms with Crippen molar-refractivity contribution in [2.24, 2.45) is 0 Å². The van der Waals surface area contributed by atoms with Gasteiger partial charge in [-0.15, -0.1) is 13.2 Å². The van der Waals surface area contributed by atoms with Crippen LogP contribution in [0.15, 0.2) is 18.2 Å². The first kappa shape index (κ1) is 20.6. The van der Waals surface area contributed by atoms with Gasteiger partial charge in [0.25, 0.3) is 0 Å². The molecule has 1 aromatic rings. The summed E-state index contributed by atoms with van der Waals surface area (Å²) in [5.41, 5.74) is -0.0877. The number of nitrogens with one attached hydrogen (secondary N) is 1. The van der Waals surface area contributed by atoms with E-state index in [-0.39, 0.29) is 5.02 Å². The summed E-state index contributed by atoms with van der Waals surface area (Å²) in [6, 6.07) is 3.49. The molecule has 5 nitrogen and oxygen atoms in total. The second-order valence-corrected chi connectivity index (χ2v) is 7.50. The van der Waals surface area contributed by atoms with E-state index in [4.69, 9.17) is 16.3 Å². The topological polar surface area (TPSA) is 50.8 Å². The zero-order valence-corrected chi connectivity index (χ0v) is 15.6. The molecule has 0 radical (unpaired) electrons. The number of hydrogen-bond donors (Lipinski definition) is 1. The summed E-state index contributed by atoms with van der Waals surface area (Å²) in [5, 5.41) is 2.58. The molecule has 1 amide bonds. The van der Waals surface area contributed by atoms with Crippen molar-refractivity contribution in [1.29, 1.82) is 0 Å². The smallest absolute Gasteiger partial charge is 0.444 e. The Morgan fingerprint density at radius 1 is 1.31 bits per heavy atom. The average Bonchev–Trinajstić information content (AvgIpc) is 2.40. The Morgan fingerprint density at radius 3 is 2.42 bits per heavy atom. The number of rotatable bonds is 5. The van der Waals surface area contributed by atoms with Crippen LogP contribution in [0.5, 0.6) is 5.75 Å². The minimum atomic E-state index is -4.82. The van der Waals surface area contributed by atoms with Crippen molar-refractivity contribution in [3.05, 3.63) is 28.8 Å². The number of carbonyl (C=O) groups is 1. The van der Waals surface area contributed by atoms with E-state index >= 15 is 0 Å². The van der Waals surface area contributed by atoms with Crippen molar-refractivity contribution in [2.75, 3.05) is 19.6 Å². The fourth-order valence-electron chi connectivity index (χ4n) is 2.45. The van der Waals surface area contributed by atoms with Gasteiger partial charge in [0.15, 0.2) is 0 Å². The van der Waals surface area contributed by atoms with E-state index < -0.39 is 29.8 Å². The largest absolute Gasteiger partial charge is 0.573 e. The second kappa shape index (κ2) is 7.92. The van der Waals surface area contributed by atoms with Crippen LogP contribution < -0.4 is 10.1 Å². The number of halogens is 4. The van der Waals surface area contributed by atoms with E-state index in [9.17, 15) is 18.0 Å². The van der Waals surface area contributed by atoms with Gasteiger partial charge in [-0.3, -0.25) is 0 Å². The van der Waals surface area contributed by atoms with Crippen LogP contribution >= 0.6 is 11.6 Å². The first-order chi connectivity index (χ1) is 11.9. The van der Waals surface area contributed by atoms with Gasteiger partial charge in [0.2, 0.25) is 0 Å². The number of alkyl carbamates (subject to hydrolysis) is 1. The van der Waals surface area contributed by atoms with Crippen LogP contribution in [0.3, 0.4) is 0 Å². The first-order valence-corrected chi connectivity index (χ1v) is 8.58. The molecule has 0 bridgehead atoms. The number of benzene rings is 1. The zero-order valence-electron chi connectivity index (χ0n) is 14.8. The van der Waals surface area contributed by atoms with Crippen LogP contribution in [0, 0.1) is 0 Å². The third kappa shape index (κ3) is 6.57. The lowest BCUT2D eigenvalue weighted by Crippen LogP contribution is -2.45. The van der Waals surface area contributed by atoms with Crippen LogP contribution in [0.2, 0.25) is 5.02 Å². The van der Waals surface area contributed by atoms with Gasteiger partial charge in [0.05, 0.1) is 11.1 Å². The molecular formula is C17H22ClF3N2O3. The number of nitrogens with zero attached hydrogens (tertiary/aromatic N) is 1. The highest BCUT2D eigenvalue weighted by Gasteiger charge is 2.32. The quantitative estimate of drug-likeness (QED) is 0.798. The van der Waals surface area contributed by atoms with Crippen molar-refractivity contribution in [3.8, 4) is 5.75 Å². The number of carbonyl (C=O) groups excluding carboxylic acids is 1. The molecule has 0 aromatic heterocycles. The van der Waals surface area contributed by atoms with Gasteiger partial charge in [0, 0.05) is 6.54 Å². The molecule has 1 saturated heterocycles. The third-order valence-electron chi connectivity index (χ3n) is 3.66. The van der Waals surface area contributed by atoms with Crippen molar-refractivity contribution < 1.29 is 27.4 Å². The van der Waals surface area contributed by atoms with Gasteiger partial charge in [-0.2, -0.15) is 0 Å². The predicted octanol–water partition coefficient (Wildman–Crippen LogP) is 4.51. The van der Waals surface area contributed by atoms with Gasteiger partial charge >= 0.3 is 12.5 Å². The molecule has 1 aliphatic heterocycles. The summed E-state index contributed by atoms with van der Waals surface area (Å²) in [4.78, 5) is 14.2. The Kier molecular flexibility index (Phi) is 6.29. The van der Waals surface area contributed by atoms with Crippen LogP contribution in [0.4, 0.5) is 18.0 Å². The molecule has 1 heterocycles. The molecule has 0 unspecified atom stereocenters. The molecule has 1 aliphatic rings. The van der Waals surface area contributed by atoms with Crippen LogP contribution in [0.25, 0.3) is 0 Å². The minimum Gasteiger partial charge on any atom is -0.444 e. The number of likely N-dealkylation sites (tertiary alicyclic amines) is 1. The lowest BCUT2D eigenvalue weighted by Gasteiger charge is -2.35. The number of alkyl halides is 3. The van der Waals surface area contributed by atoms with Gasteiger partial charge in [-0.05, 0) is 58.0 Å². The summed E-state index contributed by atoms with van der Waals surface area (Å²) in [5.74, 6) is -0.483. The van der Waals surface area contributed by atoms with E-state index in [0.29, 0.717) is 12.1 Å². The molecule has 1 atom stereocenters. The highest BCUT2D eigenvalue weighted by molar-refractivity contribution is 6.32. The summed E-state index contributed by atoms with van der Waals surface area (Å²) in [6.45, 7) is 7.55. The molecule has 0 aliphatic carbocycles. The van der Waals surface area contributed by atoms with E-state index in [2.05, 4.69) is 15.0 Å². The monoisotopic (exact) mass is 394 g/mol. The third-order valence-corrected chi connectivity index (χ3v) is 3.96. The highest BCUT2D eigenvalue weighted by Crippen LogP contribution is 2.32. The minimum absolute atomic E-state index is 0.181. The average molecular weight is 395 g/mol. The molecule has 2 rings (SSSR count). The van der Waals surface area contributed by atoms with Crippen molar-refractivity contribution in [2.45, 2.75) is 45.2 Å². The fourth-order valence-corrected chi connectivity index (χ4v) is 2.68. The van der Waals surface area contributed by atoms with Crippen LogP contribution in [-0.2, 0) is 4.74 Å². The molecule has 1 fully saturated rings. The predicted molar refractivity (Wildman–Crippen MR) is 91.3 cm³/mol. The summed E-state index contributed by atoms with van der Waals surface area (Å²) in [6.07, 6.45) is -4.36. The Labute approximate surface area is 155 Å². The molecule has 0 saturated carbocycles. The molecule has 146 valence electrons. The van der Waals surface area contributed by atoms with Crippen molar-refractivity contribution >= 4 is 17.7 Å². The standard InChI is InChI=1S/C17H22ClF3N2O3/c1-16(2,3)26-15(24)22-13(10-23-7-4-8-23)11-5-6-14(12(18)9-11)25-17(19,20)21/h5-6,9,13H,4,7-8,10H2,1-3H3,(H,22,24)/t13-/m1/s1. The fraction of sp³-hybridized carbons (Fsp3) is 0.588. The van der Waals surface area contributed by atoms with Crippen LogP contribution in [0.1, 0.15) is 38.8 Å². The van der Waals surface area contributed by atoms with Gasteiger partial charge in [0.1, 0.15) is 11.4 Å². The first-order valence-electron chi connectivity index (χ1n) is 8.20. The van der Waals surface area contributed by atoms with Crippen molar-refractivity contribution in [3.63, 3.8) is 0 Å². The maximum absolute atomic E-state index is 12.4. The van der Waals surface area contributed by atoms with Crippen LogP contribution in [-0.4, -0.2) is 42.6 Å². The van der Waals surface area contributed by atoms with E-state index in [1.165, 1.54) is 12.1 Å². The molecule has 1 aromatic carbocycles. The number of ether oxygens (including phenoxy) is 2.